The van der Waals surface area contributed by atoms with Crippen LogP contribution in [0.4, 0.5) is 10.2 Å². The number of nitrogens with zero attached hydrogens (tertiary/aromatic N) is 1. The monoisotopic (exact) mass is 245 g/mol. The van der Waals surface area contributed by atoms with Gasteiger partial charge in [-0.2, -0.15) is 0 Å². The molecule has 0 radical (unpaired) electrons. The highest BCUT2D eigenvalue weighted by molar-refractivity contribution is 5.85. The Morgan fingerprint density at radius 3 is 2.88 bits per heavy atom. The molecule has 2 N–H and O–H groups in total. The lowest BCUT2D eigenvalue weighted by Crippen LogP contribution is -2.31. The highest BCUT2D eigenvalue weighted by Crippen LogP contribution is 2.14. The highest BCUT2D eigenvalue weighted by Gasteiger charge is 2.13. The minimum absolute atomic E-state index is 0. The number of aromatic nitrogens is 1. The zero-order valence-electron chi connectivity index (χ0n) is 9.08. The predicted molar refractivity (Wildman–Crippen MR) is 65.5 cm³/mol. The van der Waals surface area contributed by atoms with Crippen LogP contribution in [0.25, 0.3) is 0 Å². The second kappa shape index (κ2) is 6.66. The van der Waals surface area contributed by atoms with Crippen LogP contribution in [0, 0.1) is 11.7 Å². The van der Waals surface area contributed by atoms with E-state index < -0.39 is 0 Å². The second-order valence-corrected chi connectivity index (χ2v) is 3.91. The number of piperidine rings is 1. The van der Waals surface area contributed by atoms with Crippen molar-refractivity contribution in [2.45, 2.75) is 12.8 Å². The van der Waals surface area contributed by atoms with E-state index in [0.717, 1.165) is 32.5 Å². The van der Waals surface area contributed by atoms with E-state index in [4.69, 9.17) is 0 Å². The van der Waals surface area contributed by atoms with E-state index in [-0.39, 0.29) is 18.2 Å². The Labute approximate surface area is 101 Å². The fourth-order valence-corrected chi connectivity index (χ4v) is 1.84. The molecule has 1 aliphatic heterocycles. The number of hydrogen-bond acceptors (Lipinski definition) is 3. The number of hydrogen-bond donors (Lipinski definition) is 2. The normalized spacial score (nSPS) is 16.6. The van der Waals surface area contributed by atoms with Crippen molar-refractivity contribution in [1.82, 2.24) is 10.3 Å². The third kappa shape index (κ3) is 3.61. The number of nitrogens with one attached hydrogen (secondary N) is 2. The van der Waals surface area contributed by atoms with Crippen molar-refractivity contribution in [3.8, 4) is 0 Å². The van der Waals surface area contributed by atoms with Gasteiger partial charge in [-0.25, -0.2) is 9.37 Å². The van der Waals surface area contributed by atoms with E-state index in [2.05, 4.69) is 15.6 Å². The fraction of sp³-hybridized carbons (Fsp3) is 0.545. The molecule has 16 heavy (non-hydrogen) atoms. The van der Waals surface area contributed by atoms with Gasteiger partial charge < -0.3 is 10.6 Å². The molecule has 5 heteroatoms. The summed E-state index contributed by atoms with van der Waals surface area (Å²) in [6.45, 7) is 2.95. The van der Waals surface area contributed by atoms with Crippen molar-refractivity contribution in [2.24, 2.45) is 5.92 Å². The first kappa shape index (κ1) is 13.2. The first-order chi connectivity index (χ1) is 7.36. The molecule has 0 bridgehead atoms. The molecule has 90 valence electrons. The lowest BCUT2D eigenvalue weighted by atomic mass is 9.98. The number of halogens is 2. The van der Waals surface area contributed by atoms with Gasteiger partial charge in [0, 0.05) is 12.7 Å². The number of anilines is 1. The number of pyridine rings is 1. The van der Waals surface area contributed by atoms with Gasteiger partial charge in [-0.1, -0.05) is 0 Å². The smallest absolute Gasteiger partial charge is 0.165 e. The molecule has 0 aromatic carbocycles. The molecular weight excluding hydrogens is 229 g/mol. The first-order valence-electron chi connectivity index (χ1n) is 5.41. The highest BCUT2D eigenvalue weighted by atomic mass is 35.5. The van der Waals surface area contributed by atoms with E-state index in [0.29, 0.717) is 11.7 Å². The minimum Gasteiger partial charge on any atom is -0.367 e. The molecule has 2 heterocycles. The van der Waals surface area contributed by atoms with Crippen molar-refractivity contribution in [1.29, 1.82) is 0 Å². The van der Waals surface area contributed by atoms with Crippen LogP contribution in [0.2, 0.25) is 0 Å². The van der Waals surface area contributed by atoms with Crippen molar-refractivity contribution in [3.63, 3.8) is 0 Å². The van der Waals surface area contributed by atoms with Gasteiger partial charge in [-0.15, -0.1) is 12.4 Å². The molecule has 0 aliphatic carbocycles. The third-order valence-corrected chi connectivity index (χ3v) is 2.78. The van der Waals surface area contributed by atoms with Gasteiger partial charge in [0.1, 0.15) is 0 Å². The van der Waals surface area contributed by atoms with E-state index in [9.17, 15) is 4.39 Å². The van der Waals surface area contributed by atoms with Crippen LogP contribution in [-0.2, 0) is 0 Å². The molecular formula is C11H17ClFN3. The fourth-order valence-electron chi connectivity index (χ4n) is 1.84. The van der Waals surface area contributed by atoms with Crippen LogP contribution >= 0.6 is 12.4 Å². The zero-order valence-corrected chi connectivity index (χ0v) is 9.89. The van der Waals surface area contributed by atoms with Gasteiger partial charge in [0.2, 0.25) is 0 Å². The predicted octanol–water partition coefficient (Wildman–Crippen LogP) is 2.05. The summed E-state index contributed by atoms with van der Waals surface area (Å²) in [5.41, 5.74) is 0. The van der Waals surface area contributed by atoms with Crippen LogP contribution in [0.3, 0.4) is 0 Å². The van der Waals surface area contributed by atoms with Crippen molar-refractivity contribution >= 4 is 18.2 Å². The molecule has 1 aliphatic rings. The van der Waals surface area contributed by atoms with Crippen LogP contribution in [0.1, 0.15) is 12.8 Å². The summed E-state index contributed by atoms with van der Waals surface area (Å²) in [6.07, 6.45) is 3.91. The quantitative estimate of drug-likeness (QED) is 0.856. The van der Waals surface area contributed by atoms with Crippen LogP contribution < -0.4 is 10.6 Å². The largest absolute Gasteiger partial charge is 0.367 e. The lowest BCUT2D eigenvalue weighted by molar-refractivity contribution is 0.389. The maximum Gasteiger partial charge on any atom is 0.165 e. The first-order valence-corrected chi connectivity index (χ1v) is 5.41. The van der Waals surface area contributed by atoms with Crippen LogP contribution in [-0.4, -0.2) is 24.6 Å². The Hall–Kier alpha value is -0.870. The second-order valence-electron chi connectivity index (χ2n) is 3.91. The summed E-state index contributed by atoms with van der Waals surface area (Å²) in [4.78, 5) is 3.96. The SMILES string of the molecule is Cl.Fc1cccnc1NCC1CCNCC1. The summed E-state index contributed by atoms with van der Waals surface area (Å²) in [6, 6.07) is 3.03. The van der Waals surface area contributed by atoms with E-state index in [1.165, 1.54) is 6.07 Å². The molecule has 1 aromatic rings. The standard InChI is InChI=1S/C11H16FN3.ClH/c12-10-2-1-5-14-11(10)15-8-9-3-6-13-7-4-9;/h1-2,5,9,13H,3-4,6-8H2,(H,14,15);1H. The molecule has 3 nitrogen and oxygen atoms in total. The van der Waals surface area contributed by atoms with Crippen molar-refractivity contribution in [3.05, 3.63) is 24.1 Å². The maximum atomic E-state index is 13.2. The van der Waals surface area contributed by atoms with E-state index >= 15 is 0 Å². The molecule has 1 aromatic heterocycles. The van der Waals surface area contributed by atoms with Gasteiger partial charge in [0.15, 0.2) is 11.6 Å². The van der Waals surface area contributed by atoms with Gasteiger partial charge >= 0.3 is 0 Å². The summed E-state index contributed by atoms with van der Waals surface area (Å²) in [5, 5.41) is 6.38. The van der Waals surface area contributed by atoms with Crippen molar-refractivity contribution in [2.75, 3.05) is 25.0 Å². The molecule has 0 spiro atoms. The van der Waals surface area contributed by atoms with Crippen molar-refractivity contribution < 1.29 is 4.39 Å². The van der Waals surface area contributed by atoms with Gasteiger partial charge in [-0.05, 0) is 44.0 Å². The average Bonchev–Trinajstić information content (AvgIpc) is 2.29. The Morgan fingerprint density at radius 1 is 1.44 bits per heavy atom. The molecule has 1 fully saturated rings. The van der Waals surface area contributed by atoms with E-state index in [1.807, 2.05) is 0 Å². The zero-order chi connectivity index (χ0) is 10.5. The van der Waals surface area contributed by atoms with Gasteiger partial charge in [-0.3, -0.25) is 0 Å². The molecule has 0 unspecified atom stereocenters. The number of rotatable bonds is 3. The molecule has 2 rings (SSSR count). The summed E-state index contributed by atoms with van der Waals surface area (Å²) < 4.78 is 13.2. The summed E-state index contributed by atoms with van der Waals surface area (Å²) in [7, 11) is 0. The Morgan fingerprint density at radius 2 is 2.19 bits per heavy atom. The average molecular weight is 246 g/mol. The van der Waals surface area contributed by atoms with Crippen LogP contribution in [0.15, 0.2) is 18.3 Å². The van der Waals surface area contributed by atoms with E-state index in [1.54, 1.807) is 12.3 Å². The Kier molecular flexibility index (Phi) is 5.49. The molecule has 1 saturated heterocycles. The maximum absolute atomic E-state index is 13.2. The van der Waals surface area contributed by atoms with Gasteiger partial charge in [0.25, 0.3) is 0 Å². The minimum atomic E-state index is -0.272. The Balaban J connectivity index is 0.00000128. The van der Waals surface area contributed by atoms with Crippen LogP contribution in [0.5, 0.6) is 0 Å². The van der Waals surface area contributed by atoms with Gasteiger partial charge in [0.05, 0.1) is 0 Å². The third-order valence-electron chi connectivity index (χ3n) is 2.78. The lowest BCUT2D eigenvalue weighted by Gasteiger charge is -2.22. The molecule has 0 amide bonds. The topological polar surface area (TPSA) is 37.0 Å². The molecule has 0 atom stereocenters. The Bertz CT molecular complexity index is 316. The summed E-state index contributed by atoms with van der Waals surface area (Å²) >= 11 is 0. The molecule has 0 saturated carbocycles. The summed E-state index contributed by atoms with van der Waals surface area (Å²) in [5.74, 6) is 0.732.